The number of guanidine groups is 1. The Labute approximate surface area is 208 Å². The van der Waals surface area contributed by atoms with Crippen LogP contribution in [0.3, 0.4) is 0 Å². The average molecular weight is 577 g/mol. The molecule has 0 heterocycles. The molecule has 10 heteroatoms. The number of nitrogens with zero attached hydrogens (tertiary/aromatic N) is 2. The predicted molar refractivity (Wildman–Crippen MR) is 138 cm³/mol. The number of nitrogens with one attached hydrogen (secondary N) is 2. The predicted octanol–water partition coefficient (Wildman–Crippen LogP) is 2.62. The van der Waals surface area contributed by atoms with E-state index >= 15 is 0 Å². The Hall–Kier alpha value is -1.89. The molecule has 0 unspecified atom stereocenters. The first-order valence-corrected chi connectivity index (χ1v) is 11.5. The minimum Gasteiger partial charge on any atom is -0.492 e. The number of methoxy groups -OCH3 is 1. The zero-order valence-corrected chi connectivity index (χ0v) is 22.1. The van der Waals surface area contributed by atoms with E-state index in [4.69, 9.17) is 9.47 Å². The van der Waals surface area contributed by atoms with E-state index in [0.717, 1.165) is 11.3 Å². The Kier molecular flexibility index (Phi) is 12.6. The third kappa shape index (κ3) is 9.31. The van der Waals surface area contributed by atoms with Gasteiger partial charge in [0.25, 0.3) is 0 Å². The third-order valence-corrected chi connectivity index (χ3v) is 6.01. The fourth-order valence-electron chi connectivity index (χ4n) is 2.79. The minimum absolute atomic E-state index is 0. The van der Waals surface area contributed by atoms with Crippen molar-refractivity contribution in [2.75, 3.05) is 47.5 Å². The first-order chi connectivity index (χ1) is 14.9. The van der Waals surface area contributed by atoms with Gasteiger partial charge >= 0.3 is 0 Å². The lowest BCUT2D eigenvalue weighted by molar-refractivity contribution is 0.204. The standard InChI is InChI=1S/C22H32N4O4S.HI/c1-18-8-10-20(11-9-18)30-15-13-26(3)22(23-2)24-17-19-6-5-7-21(16-19)31(27,28)25-12-14-29-4;/h5-11,16,25H,12-15,17H2,1-4H3,(H,23,24);1H. The molecule has 0 aromatic heterocycles. The number of hydrogen-bond donors (Lipinski definition) is 2. The van der Waals surface area contributed by atoms with Gasteiger partial charge in [-0.25, -0.2) is 13.1 Å². The highest BCUT2D eigenvalue weighted by Gasteiger charge is 2.14. The molecule has 32 heavy (non-hydrogen) atoms. The van der Waals surface area contributed by atoms with Gasteiger partial charge in [0.15, 0.2) is 5.96 Å². The number of ether oxygens (including phenoxy) is 2. The summed E-state index contributed by atoms with van der Waals surface area (Å²) in [5.41, 5.74) is 2.02. The highest BCUT2D eigenvalue weighted by molar-refractivity contribution is 14.0. The lowest BCUT2D eigenvalue weighted by Gasteiger charge is -2.22. The number of hydrogen-bond acceptors (Lipinski definition) is 5. The lowest BCUT2D eigenvalue weighted by atomic mass is 10.2. The molecule has 0 amide bonds. The van der Waals surface area contributed by atoms with Crippen LogP contribution in [-0.2, 0) is 21.3 Å². The second-order valence-electron chi connectivity index (χ2n) is 7.02. The fraction of sp³-hybridized carbons (Fsp3) is 0.409. The molecule has 2 N–H and O–H groups in total. The van der Waals surface area contributed by atoms with E-state index in [-0.39, 0.29) is 35.4 Å². The second kappa shape index (κ2) is 14.3. The van der Waals surface area contributed by atoms with Crippen LogP contribution in [0.5, 0.6) is 5.75 Å². The molecule has 0 saturated carbocycles. The smallest absolute Gasteiger partial charge is 0.240 e. The highest BCUT2D eigenvalue weighted by Crippen LogP contribution is 2.12. The zero-order valence-electron chi connectivity index (χ0n) is 19.0. The van der Waals surface area contributed by atoms with Crippen molar-refractivity contribution in [2.45, 2.75) is 18.4 Å². The van der Waals surface area contributed by atoms with Gasteiger partial charge in [0.2, 0.25) is 10.0 Å². The summed E-state index contributed by atoms with van der Waals surface area (Å²) >= 11 is 0. The van der Waals surface area contributed by atoms with Crippen molar-refractivity contribution >= 4 is 40.0 Å². The molecular weight excluding hydrogens is 543 g/mol. The first kappa shape index (κ1) is 28.1. The van der Waals surface area contributed by atoms with Crippen LogP contribution >= 0.6 is 24.0 Å². The summed E-state index contributed by atoms with van der Waals surface area (Å²) in [6.45, 7) is 4.18. The number of halogens is 1. The SMILES string of the molecule is CN=C(NCc1cccc(S(=O)(=O)NCCOC)c1)N(C)CCOc1ccc(C)cc1.I. The normalized spacial score (nSPS) is 11.6. The van der Waals surface area contributed by atoms with E-state index < -0.39 is 10.0 Å². The molecule has 0 spiro atoms. The monoisotopic (exact) mass is 576 g/mol. The molecule has 2 aromatic carbocycles. The Morgan fingerprint density at radius 2 is 1.84 bits per heavy atom. The van der Waals surface area contributed by atoms with Gasteiger partial charge < -0.3 is 19.7 Å². The summed E-state index contributed by atoms with van der Waals surface area (Å²) in [5, 5.41) is 3.26. The molecule has 178 valence electrons. The molecule has 0 bridgehead atoms. The fourth-order valence-corrected chi connectivity index (χ4v) is 3.87. The van der Waals surface area contributed by atoms with E-state index in [0.29, 0.717) is 32.3 Å². The van der Waals surface area contributed by atoms with Crippen molar-refractivity contribution in [1.29, 1.82) is 0 Å². The van der Waals surface area contributed by atoms with Crippen LogP contribution in [0.25, 0.3) is 0 Å². The van der Waals surface area contributed by atoms with E-state index in [1.54, 1.807) is 25.2 Å². The van der Waals surface area contributed by atoms with Crippen molar-refractivity contribution in [1.82, 2.24) is 14.9 Å². The van der Waals surface area contributed by atoms with Gasteiger partial charge in [0, 0.05) is 34.3 Å². The van der Waals surface area contributed by atoms with Crippen molar-refractivity contribution < 1.29 is 17.9 Å². The van der Waals surface area contributed by atoms with Gasteiger partial charge in [-0.15, -0.1) is 24.0 Å². The summed E-state index contributed by atoms with van der Waals surface area (Å²) in [4.78, 5) is 6.47. The Morgan fingerprint density at radius 1 is 1.12 bits per heavy atom. The zero-order chi connectivity index (χ0) is 22.7. The molecule has 2 rings (SSSR count). The van der Waals surface area contributed by atoms with Crippen LogP contribution in [0, 0.1) is 6.92 Å². The van der Waals surface area contributed by atoms with Crippen LogP contribution < -0.4 is 14.8 Å². The maximum absolute atomic E-state index is 12.4. The summed E-state index contributed by atoms with van der Waals surface area (Å²) in [6, 6.07) is 14.7. The Morgan fingerprint density at radius 3 is 2.50 bits per heavy atom. The van der Waals surface area contributed by atoms with Crippen molar-refractivity contribution in [2.24, 2.45) is 4.99 Å². The van der Waals surface area contributed by atoms with E-state index in [9.17, 15) is 8.42 Å². The summed E-state index contributed by atoms with van der Waals surface area (Å²) in [5.74, 6) is 1.53. The van der Waals surface area contributed by atoms with Crippen LogP contribution in [-0.4, -0.2) is 66.8 Å². The molecule has 0 aliphatic rings. The topological polar surface area (TPSA) is 92.3 Å². The third-order valence-electron chi connectivity index (χ3n) is 4.55. The number of benzene rings is 2. The summed E-state index contributed by atoms with van der Waals surface area (Å²) in [7, 11) is 1.59. The highest BCUT2D eigenvalue weighted by atomic mass is 127. The minimum atomic E-state index is -3.57. The van der Waals surface area contributed by atoms with Crippen LogP contribution in [0.15, 0.2) is 58.4 Å². The molecule has 0 fully saturated rings. The van der Waals surface area contributed by atoms with E-state index in [2.05, 4.69) is 15.0 Å². The molecule has 0 aliphatic heterocycles. The molecule has 2 aromatic rings. The molecule has 0 atom stereocenters. The van der Waals surface area contributed by atoms with Crippen molar-refractivity contribution in [3.63, 3.8) is 0 Å². The second-order valence-corrected chi connectivity index (χ2v) is 8.79. The number of aliphatic imine (C=N–C) groups is 1. The van der Waals surface area contributed by atoms with Crippen LogP contribution in [0.2, 0.25) is 0 Å². The quantitative estimate of drug-likeness (QED) is 0.185. The van der Waals surface area contributed by atoms with Crippen molar-refractivity contribution in [3.8, 4) is 5.75 Å². The van der Waals surface area contributed by atoms with Gasteiger partial charge in [0.05, 0.1) is 18.0 Å². The molecule has 0 aliphatic carbocycles. The number of rotatable bonds is 11. The van der Waals surface area contributed by atoms with Gasteiger partial charge in [0.1, 0.15) is 12.4 Å². The van der Waals surface area contributed by atoms with Gasteiger partial charge in [-0.2, -0.15) is 0 Å². The Balaban J connectivity index is 0.00000512. The molecule has 8 nitrogen and oxygen atoms in total. The van der Waals surface area contributed by atoms with Gasteiger partial charge in [-0.05, 0) is 36.8 Å². The lowest BCUT2D eigenvalue weighted by Crippen LogP contribution is -2.40. The van der Waals surface area contributed by atoms with Crippen molar-refractivity contribution in [3.05, 3.63) is 59.7 Å². The maximum Gasteiger partial charge on any atom is 0.240 e. The Bertz CT molecular complexity index is 953. The number of sulfonamides is 1. The van der Waals surface area contributed by atoms with Crippen LogP contribution in [0.1, 0.15) is 11.1 Å². The molecular formula is C22H33IN4O4S. The summed E-state index contributed by atoms with van der Waals surface area (Å²) in [6.07, 6.45) is 0. The van der Waals surface area contributed by atoms with Gasteiger partial charge in [-0.3, -0.25) is 4.99 Å². The molecule has 0 radical (unpaired) electrons. The van der Waals surface area contributed by atoms with Crippen LogP contribution in [0.4, 0.5) is 0 Å². The average Bonchev–Trinajstić information content (AvgIpc) is 2.76. The van der Waals surface area contributed by atoms with E-state index in [1.165, 1.54) is 12.7 Å². The van der Waals surface area contributed by atoms with E-state index in [1.807, 2.05) is 49.2 Å². The molecule has 0 saturated heterocycles. The summed E-state index contributed by atoms with van der Waals surface area (Å²) < 4.78 is 37.9. The number of aryl methyl sites for hydroxylation is 1. The number of likely N-dealkylation sites (N-methyl/N-ethyl adjacent to an activating group) is 1. The first-order valence-electron chi connectivity index (χ1n) is 10.0. The van der Waals surface area contributed by atoms with Gasteiger partial charge in [-0.1, -0.05) is 29.8 Å². The maximum atomic E-state index is 12.4. The largest absolute Gasteiger partial charge is 0.492 e.